The van der Waals surface area contributed by atoms with Crippen molar-refractivity contribution in [2.24, 2.45) is 5.92 Å². The minimum Gasteiger partial charge on any atom is -0.507 e. The Balaban J connectivity index is 1.88. The number of aromatic nitrogens is 2. The van der Waals surface area contributed by atoms with E-state index in [1.54, 1.807) is 12.1 Å². The molecule has 0 saturated heterocycles. The molecule has 0 amide bonds. The van der Waals surface area contributed by atoms with Crippen LogP contribution >= 0.6 is 11.6 Å². The van der Waals surface area contributed by atoms with Gasteiger partial charge in [0.2, 0.25) is 0 Å². The normalized spacial score (nSPS) is 22.8. The number of halogens is 1. The van der Waals surface area contributed by atoms with E-state index in [0.717, 1.165) is 24.6 Å². The highest BCUT2D eigenvalue weighted by Crippen LogP contribution is 2.38. The van der Waals surface area contributed by atoms with Gasteiger partial charge in [0.15, 0.2) is 5.82 Å². The van der Waals surface area contributed by atoms with Crippen molar-refractivity contribution in [2.75, 3.05) is 0 Å². The van der Waals surface area contributed by atoms with Gasteiger partial charge in [-0.2, -0.15) is 4.98 Å². The monoisotopic (exact) mass is 278 g/mol. The number of rotatable bonds is 2. The van der Waals surface area contributed by atoms with Crippen LogP contribution < -0.4 is 0 Å². The maximum atomic E-state index is 9.85. The minimum atomic E-state index is 0.0579. The molecule has 2 unspecified atom stereocenters. The molecule has 4 nitrogen and oxygen atoms in total. The third kappa shape index (κ3) is 2.45. The van der Waals surface area contributed by atoms with Crippen LogP contribution in [0.25, 0.3) is 11.5 Å². The predicted octanol–water partition coefficient (Wildman–Crippen LogP) is 4.00. The van der Waals surface area contributed by atoms with Gasteiger partial charge < -0.3 is 9.63 Å². The summed E-state index contributed by atoms with van der Waals surface area (Å²) in [5, 5.41) is 14.4. The van der Waals surface area contributed by atoms with Gasteiger partial charge in [-0.25, -0.2) is 0 Å². The van der Waals surface area contributed by atoms with E-state index in [4.69, 9.17) is 16.1 Å². The highest BCUT2D eigenvalue weighted by atomic mass is 35.5. The van der Waals surface area contributed by atoms with Gasteiger partial charge in [-0.3, -0.25) is 0 Å². The number of hydrogen-bond donors (Lipinski definition) is 1. The molecule has 0 bridgehead atoms. The van der Waals surface area contributed by atoms with Crippen LogP contribution in [0.15, 0.2) is 22.7 Å². The molecule has 1 fully saturated rings. The summed E-state index contributed by atoms with van der Waals surface area (Å²) in [6.45, 7) is 2.24. The van der Waals surface area contributed by atoms with Crippen LogP contribution in [0.5, 0.6) is 5.75 Å². The zero-order valence-corrected chi connectivity index (χ0v) is 11.4. The molecule has 5 heteroatoms. The van der Waals surface area contributed by atoms with Gasteiger partial charge in [0, 0.05) is 10.9 Å². The predicted molar refractivity (Wildman–Crippen MR) is 72.2 cm³/mol. The standard InChI is InChI=1S/C14H15ClN2O2/c1-8-2-3-9(6-8)13-16-14(19-17-13)11-5-4-10(15)7-12(11)18/h4-5,7-9,18H,2-3,6H2,1H3. The molecule has 100 valence electrons. The van der Waals surface area contributed by atoms with E-state index in [-0.39, 0.29) is 5.75 Å². The van der Waals surface area contributed by atoms with Crippen molar-refractivity contribution in [3.8, 4) is 17.2 Å². The van der Waals surface area contributed by atoms with Crippen LogP contribution in [0.1, 0.15) is 37.9 Å². The Kier molecular flexibility index (Phi) is 3.19. The van der Waals surface area contributed by atoms with Gasteiger partial charge in [-0.15, -0.1) is 0 Å². The van der Waals surface area contributed by atoms with Gasteiger partial charge in [-0.05, 0) is 43.4 Å². The summed E-state index contributed by atoms with van der Waals surface area (Å²) in [5.41, 5.74) is 0.522. The molecule has 1 N–H and O–H groups in total. The van der Waals surface area contributed by atoms with Crippen molar-refractivity contribution < 1.29 is 9.63 Å². The fraction of sp³-hybridized carbons (Fsp3) is 0.429. The molecule has 2 aromatic rings. The van der Waals surface area contributed by atoms with E-state index in [1.165, 1.54) is 12.5 Å². The molecule has 19 heavy (non-hydrogen) atoms. The minimum absolute atomic E-state index is 0.0579. The van der Waals surface area contributed by atoms with Crippen molar-refractivity contribution in [1.82, 2.24) is 10.1 Å². The Hall–Kier alpha value is -1.55. The molecule has 1 aliphatic carbocycles. The van der Waals surface area contributed by atoms with Crippen LogP contribution in [0.4, 0.5) is 0 Å². The van der Waals surface area contributed by atoms with Crippen LogP contribution in [-0.4, -0.2) is 15.2 Å². The lowest BCUT2D eigenvalue weighted by Crippen LogP contribution is -1.96. The zero-order valence-electron chi connectivity index (χ0n) is 10.6. The van der Waals surface area contributed by atoms with E-state index in [2.05, 4.69) is 17.1 Å². The van der Waals surface area contributed by atoms with Crippen LogP contribution in [-0.2, 0) is 0 Å². The first-order valence-corrected chi connectivity index (χ1v) is 6.84. The smallest absolute Gasteiger partial charge is 0.261 e. The maximum absolute atomic E-state index is 9.85. The van der Waals surface area contributed by atoms with E-state index >= 15 is 0 Å². The van der Waals surface area contributed by atoms with Gasteiger partial charge in [-0.1, -0.05) is 23.7 Å². The number of nitrogens with zero attached hydrogens (tertiary/aromatic N) is 2. The first-order valence-electron chi connectivity index (χ1n) is 6.46. The largest absolute Gasteiger partial charge is 0.507 e. The first-order chi connectivity index (χ1) is 9.13. The average Bonchev–Trinajstić information content (AvgIpc) is 2.97. The van der Waals surface area contributed by atoms with Gasteiger partial charge in [0.05, 0.1) is 5.56 Å². The Bertz CT molecular complexity index is 597. The Labute approximate surface area is 116 Å². The lowest BCUT2D eigenvalue weighted by molar-refractivity contribution is 0.410. The summed E-state index contributed by atoms with van der Waals surface area (Å²) in [6, 6.07) is 4.85. The Morgan fingerprint density at radius 3 is 2.89 bits per heavy atom. The molecule has 1 saturated carbocycles. The SMILES string of the molecule is CC1CCC(c2noc(-c3ccc(Cl)cc3O)n2)C1. The molecule has 1 aromatic heterocycles. The third-order valence-corrected chi connectivity index (χ3v) is 3.93. The summed E-state index contributed by atoms with van der Waals surface area (Å²) in [4.78, 5) is 4.41. The van der Waals surface area contributed by atoms with Crippen molar-refractivity contribution in [2.45, 2.75) is 32.1 Å². The van der Waals surface area contributed by atoms with E-state index < -0.39 is 0 Å². The van der Waals surface area contributed by atoms with Crippen molar-refractivity contribution in [3.63, 3.8) is 0 Å². The van der Waals surface area contributed by atoms with Crippen molar-refractivity contribution >= 4 is 11.6 Å². The fourth-order valence-corrected chi connectivity index (χ4v) is 2.80. The summed E-state index contributed by atoms with van der Waals surface area (Å²) in [5.74, 6) is 2.25. The maximum Gasteiger partial charge on any atom is 0.261 e. The Morgan fingerprint density at radius 1 is 1.37 bits per heavy atom. The van der Waals surface area contributed by atoms with E-state index in [1.807, 2.05) is 0 Å². The molecule has 0 radical (unpaired) electrons. The Morgan fingerprint density at radius 2 is 2.21 bits per heavy atom. The second-order valence-electron chi connectivity index (χ2n) is 5.23. The molecule has 0 aliphatic heterocycles. The lowest BCUT2D eigenvalue weighted by atomic mass is 10.1. The number of aromatic hydroxyl groups is 1. The second-order valence-corrected chi connectivity index (χ2v) is 5.67. The van der Waals surface area contributed by atoms with Gasteiger partial charge in [0.1, 0.15) is 5.75 Å². The summed E-state index contributed by atoms with van der Waals surface area (Å²) in [7, 11) is 0. The van der Waals surface area contributed by atoms with Gasteiger partial charge >= 0.3 is 0 Å². The van der Waals surface area contributed by atoms with Gasteiger partial charge in [0.25, 0.3) is 5.89 Å². The molecule has 1 aliphatic rings. The molecule has 1 heterocycles. The number of hydrogen-bond acceptors (Lipinski definition) is 4. The first kappa shape index (κ1) is 12.5. The quantitative estimate of drug-likeness (QED) is 0.902. The topological polar surface area (TPSA) is 59.2 Å². The lowest BCUT2D eigenvalue weighted by Gasteiger charge is -2.02. The molecular weight excluding hydrogens is 264 g/mol. The van der Waals surface area contributed by atoms with Crippen molar-refractivity contribution in [3.05, 3.63) is 29.0 Å². The second kappa shape index (κ2) is 4.85. The average molecular weight is 279 g/mol. The van der Waals surface area contributed by atoms with E-state index in [0.29, 0.717) is 22.4 Å². The van der Waals surface area contributed by atoms with Crippen molar-refractivity contribution in [1.29, 1.82) is 0 Å². The highest BCUT2D eigenvalue weighted by Gasteiger charge is 2.27. The van der Waals surface area contributed by atoms with Crippen LogP contribution in [0.3, 0.4) is 0 Å². The molecule has 3 rings (SSSR count). The fourth-order valence-electron chi connectivity index (χ4n) is 2.64. The molecule has 2 atom stereocenters. The molecule has 1 aromatic carbocycles. The zero-order chi connectivity index (χ0) is 13.4. The number of phenols is 1. The summed E-state index contributed by atoms with van der Waals surface area (Å²) >= 11 is 5.80. The molecule has 0 spiro atoms. The van der Waals surface area contributed by atoms with E-state index in [9.17, 15) is 5.11 Å². The van der Waals surface area contributed by atoms with Crippen LogP contribution in [0.2, 0.25) is 5.02 Å². The van der Waals surface area contributed by atoms with Crippen LogP contribution in [0, 0.1) is 5.92 Å². The molecular formula is C14H15ClN2O2. The summed E-state index contributed by atoms with van der Waals surface area (Å²) in [6.07, 6.45) is 3.42. The number of phenolic OH excluding ortho intramolecular Hbond substituents is 1. The number of benzene rings is 1. The third-order valence-electron chi connectivity index (χ3n) is 3.69. The highest BCUT2D eigenvalue weighted by molar-refractivity contribution is 6.30. The summed E-state index contributed by atoms with van der Waals surface area (Å²) < 4.78 is 5.25.